The number of carbonyl (C=O) groups excluding carboxylic acids is 1. The molecule has 0 spiro atoms. The molecule has 8 nitrogen and oxygen atoms in total. The molecule has 2 aromatic heterocycles. The first-order valence-electron chi connectivity index (χ1n) is 13.6. The van der Waals surface area contributed by atoms with Gasteiger partial charge in [0.2, 0.25) is 0 Å². The van der Waals surface area contributed by atoms with Crippen molar-refractivity contribution in [2.45, 2.75) is 72.0 Å². The Hall–Kier alpha value is -3.39. The molecule has 1 aromatic carbocycles. The first-order chi connectivity index (χ1) is 18.1. The molecule has 0 saturated heterocycles. The second-order valence-electron chi connectivity index (χ2n) is 10.9. The number of imidazole rings is 1. The van der Waals surface area contributed by atoms with E-state index in [0.29, 0.717) is 23.2 Å². The van der Waals surface area contributed by atoms with Crippen molar-refractivity contribution in [2.75, 3.05) is 25.5 Å². The largest absolute Gasteiger partial charge is 0.369 e. The van der Waals surface area contributed by atoms with Gasteiger partial charge in [0.1, 0.15) is 0 Å². The van der Waals surface area contributed by atoms with E-state index in [1.54, 1.807) is 6.33 Å². The van der Waals surface area contributed by atoms with Crippen molar-refractivity contribution in [2.24, 2.45) is 7.05 Å². The zero-order valence-electron chi connectivity index (χ0n) is 23.9. The highest BCUT2D eigenvalue weighted by atomic mass is 16.1. The molecule has 4 rings (SSSR count). The van der Waals surface area contributed by atoms with Gasteiger partial charge in [-0.2, -0.15) is 0 Å². The van der Waals surface area contributed by atoms with Crippen molar-refractivity contribution < 1.29 is 4.79 Å². The van der Waals surface area contributed by atoms with Crippen LogP contribution in [-0.2, 0) is 13.6 Å². The molecule has 1 aliphatic carbocycles. The lowest BCUT2D eigenvalue weighted by molar-refractivity contribution is 0.0950. The summed E-state index contributed by atoms with van der Waals surface area (Å²) in [5.74, 6) is -0.187. The van der Waals surface area contributed by atoms with E-state index in [1.807, 2.05) is 50.7 Å². The second kappa shape index (κ2) is 11.6. The Bertz CT molecular complexity index is 1350. The molecule has 0 bridgehead atoms. The van der Waals surface area contributed by atoms with E-state index < -0.39 is 0 Å². The minimum Gasteiger partial charge on any atom is -0.369 e. The molecule has 8 heteroatoms. The summed E-state index contributed by atoms with van der Waals surface area (Å²) in [6.45, 7) is 9.02. The Kier molecular flexibility index (Phi) is 8.41. The zero-order valence-corrected chi connectivity index (χ0v) is 23.9. The molecule has 1 amide bonds. The van der Waals surface area contributed by atoms with E-state index in [4.69, 9.17) is 0 Å². The Labute approximate surface area is 226 Å². The van der Waals surface area contributed by atoms with E-state index in [9.17, 15) is 9.59 Å². The van der Waals surface area contributed by atoms with Gasteiger partial charge in [-0.05, 0) is 96.8 Å². The van der Waals surface area contributed by atoms with Crippen molar-refractivity contribution in [3.05, 3.63) is 69.0 Å². The predicted octanol–water partition coefficient (Wildman–Crippen LogP) is 4.33. The fourth-order valence-electron chi connectivity index (χ4n) is 5.82. The van der Waals surface area contributed by atoms with Crippen LogP contribution in [0.2, 0.25) is 0 Å². The lowest BCUT2D eigenvalue weighted by atomic mass is 9.88. The van der Waals surface area contributed by atoms with E-state index in [2.05, 4.69) is 52.2 Å². The van der Waals surface area contributed by atoms with Gasteiger partial charge in [-0.1, -0.05) is 0 Å². The first-order valence-corrected chi connectivity index (χ1v) is 13.6. The number of nitrogens with one attached hydrogen (secondary N) is 2. The van der Waals surface area contributed by atoms with Gasteiger partial charge < -0.3 is 24.7 Å². The Morgan fingerprint density at radius 1 is 1.11 bits per heavy atom. The summed E-state index contributed by atoms with van der Waals surface area (Å²) < 4.78 is 1.92. The predicted molar refractivity (Wildman–Crippen MR) is 154 cm³/mol. The summed E-state index contributed by atoms with van der Waals surface area (Å²) >= 11 is 0. The highest BCUT2D eigenvalue weighted by Crippen LogP contribution is 2.35. The first kappa shape index (κ1) is 27.6. The molecule has 0 radical (unpaired) electrons. The van der Waals surface area contributed by atoms with Crippen LogP contribution in [0, 0.1) is 20.8 Å². The van der Waals surface area contributed by atoms with Gasteiger partial charge in [-0.15, -0.1) is 0 Å². The monoisotopic (exact) mass is 518 g/mol. The number of carbonyl (C=O) groups is 1. The van der Waals surface area contributed by atoms with Gasteiger partial charge in [0, 0.05) is 66.5 Å². The maximum Gasteiger partial charge on any atom is 0.253 e. The van der Waals surface area contributed by atoms with Crippen LogP contribution in [0.5, 0.6) is 0 Å². The van der Waals surface area contributed by atoms with Crippen molar-refractivity contribution in [1.29, 1.82) is 0 Å². The number of aromatic amines is 1. The molecule has 3 aromatic rings. The number of aromatic nitrogens is 3. The number of hydrogen-bond donors (Lipinski definition) is 2. The fourth-order valence-corrected chi connectivity index (χ4v) is 5.82. The highest BCUT2D eigenvalue weighted by Gasteiger charge is 2.28. The van der Waals surface area contributed by atoms with Crippen LogP contribution in [0.1, 0.15) is 65.3 Å². The molecular formula is C30H42N6O2. The SMILES string of the molecule is CCN(c1cc(-c2cn(C)cn2)cc(C(=O)NCc2c(C)cc(C)[nH]c2=O)c1C)C1CCC(N(C)C)CC1. The molecular weight excluding hydrogens is 476 g/mol. The van der Waals surface area contributed by atoms with Crippen molar-refractivity contribution in [3.8, 4) is 11.3 Å². The average Bonchev–Trinajstić information content (AvgIpc) is 3.31. The molecule has 1 aliphatic rings. The Morgan fingerprint density at radius 3 is 2.37 bits per heavy atom. The zero-order chi connectivity index (χ0) is 27.6. The molecule has 2 heterocycles. The van der Waals surface area contributed by atoms with Crippen molar-refractivity contribution in [3.63, 3.8) is 0 Å². The molecule has 1 saturated carbocycles. The third-order valence-electron chi connectivity index (χ3n) is 8.03. The highest BCUT2D eigenvalue weighted by molar-refractivity contribution is 5.98. The van der Waals surface area contributed by atoms with Gasteiger partial charge in [0.25, 0.3) is 11.5 Å². The number of H-pyrrole nitrogens is 1. The van der Waals surface area contributed by atoms with Gasteiger partial charge >= 0.3 is 0 Å². The number of pyridine rings is 1. The number of anilines is 1. The third kappa shape index (κ3) is 5.85. The molecule has 0 unspecified atom stereocenters. The summed E-state index contributed by atoms with van der Waals surface area (Å²) in [6, 6.07) is 7.10. The maximum absolute atomic E-state index is 13.6. The molecule has 204 valence electrons. The van der Waals surface area contributed by atoms with E-state index in [-0.39, 0.29) is 18.0 Å². The summed E-state index contributed by atoms with van der Waals surface area (Å²) in [7, 11) is 6.28. The summed E-state index contributed by atoms with van der Waals surface area (Å²) in [5, 5.41) is 3.01. The second-order valence-corrected chi connectivity index (χ2v) is 10.9. The van der Waals surface area contributed by atoms with Crippen LogP contribution < -0.4 is 15.8 Å². The van der Waals surface area contributed by atoms with Crippen LogP contribution in [0.25, 0.3) is 11.3 Å². The van der Waals surface area contributed by atoms with Crippen LogP contribution in [-0.4, -0.2) is 58.1 Å². The molecule has 38 heavy (non-hydrogen) atoms. The van der Waals surface area contributed by atoms with E-state index in [0.717, 1.165) is 53.2 Å². The maximum atomic E-state index is 13.6. The van der Waals surface area contributed by atoms with Crippen molar-refractivity contribution in [1.82, 2.24) is 24.8 Å². The summed E-state index contributed by atoms with van der Waals surface area (Å²) in [4.78, 5) is 38.3. The van der Waals surface area contributed by atoms with Gasteiger partial charge in [-0.25, -0.2) is 4.98 Å². The van der Waals surface area contributed by atoms with Gasteiger partial charge in [0.05, 0.1) is 12.0 Å². The molecule has 1 fully saturated rings. The Morgan fingerprint density at radius 2 is 1.79 bits per heavy atom. The standard InChI is InChI=1S/C30H42N6O2/c1-8-36(24-11-9-23(10-12-24)34(5)6)28-15-22(27-17-35(7)18-32-27)14-25(21(28)4)29(37)31-16-26-19(2)13-20(3)33-30(26)38/h13-15,17-18,23-24H,8-12,16H2,1-7H3,(H,31,37)(H,33,38). The summed E-state index contributed by atoms with van der Waals surface area (Å²) in [6.07, 6.45) is 8.35. The lowest BCUT2D eigenvalue weighted by Crippen LogP contribution is -2.42. The number of rotatable bonds is 8. The molecule has 0 atom stereocenters. The quantitative estimate of drug-likeness (QED) is 0.464. The minimum absolute atomic E-state index is 0.159. The smallest absolute Gasteiger partial charge is 0.253 e. The van der Waals surface area contributed by atoms with Crippen LogP contribution in [0.3, 0.4) is 0 Å². The van der Waals surface area contributed by atoms with E-state index >= 15 is 0 Å². The van der Waals surface area contributed by atoms with Gasteiger partial charge in [0.15, 0.2) is 0 Å². The fraction of sp³-hybridized carbons (Fsp3) is 0.500. The van der Waals surface area contributed by atoms with E-state index in [1.165, 1.54) is 12.8 Å². The number of amides is 1. The molecule has 0 aliphatic heterocycles. The normalized spacial score (nSPS) is 17.6. The average molecular weight is 519 g/mol. The minimum atomic E-state index is -0.187. The van der Waals surface area contributed by atoms with Crippen LogP contribution >= 0.6 is 0 Å². The van der Waals surface area contributed by atoms with Crippen LogP contribution in [0.4, 0.5) is 5.69 Å². The number of aryl methyl sites for hydroxylation is 3. The topological polar surface area (TPSA) is 86.3 Å². The third-order valence-corrected chi connectivity index (χ3v) is 8.03. The number of benzene rings is 1. The number of nitrogens with zero attached hydrogens (tertiary/aromatic N) is 4. The van der Waals surface area contributed by atoms with Crippen molar-refractivity contribution >= 4 is 11.6 Å². The summed E-state index contributed by atoms with van der Waals surface area (Å²) in [5.41, 5.74) is 6.50. The Balaban J connectivity index is 1.68. The number of hydrogen-bond acceptors (Lipinski definition) is 5. The molecule has 2 N–H and O–H groups in total. The van der Waals surface area contributed by atoms with Crippen LogP contribution in [0.15, 0.2) is 35.5 Å². The lowest BCUT2D eigenvalue weighted by Gasteiger charge is -2.40. The van der Waals surface area contributed by atoms with Gasteiger partial charge in [-0.3, -0.25) is 9.59 Å².